The molecule has 128 valence electrons. The molecule has 0 aliphatic heterocycles. The third-order valence-corrected chi connectivity index (χ3v) is 3.85. The molecule has 0 saturated carbocycles. The smallest absolute Gasteiger partial charge is 0.409 e. The Balaban J connectivity index is 0.00000100. The second-order valence-corrected chi connectivity index (χ2v) is 5.43. The zero-order chi connectivity index (χ0) is 17.0. The molecule has 0 bridgehead atoms. The fraction of sp³-hybridized carbons (Fsp3) is 0. The topological polar surface area (TPSA) is 27.7 Å². The van der Waals surface area contributed by atoms with Crippen molar-refractivity contribution in [2.24, 2.45) is 0 Å². The molecule has 0 aromatic heterocycles. The summed E-state index contributed by atoms with van der Waals surface area (Å²) < 4.78 is 17.5. The van der Waals surface area contributed by atoms with Crippen LogP contribution in [-0.4, -0.2) is 0 Å². The fourth-order valence-corrected chi connectivity index (χ4v) is 2.75. The van der Waals surface area contributed by atoms with Crippen molar-refractivity contribution in [1.82, 2.24) is 0 Å². The Labute approximate surface area is 155 Å². The molecule has 0 aliphatic rings. The van der Waals surface area contributed by atoms with Crippen molar-refractivity contribution < 1.29 is 28.7 Å². The first-order valence-electron chi connectivity index (χ1n) is 7.01. The molecule has 0 unspecified atom stereocenters. The van der Waals surface area contributed by atoms with Crippen molar-refractivity contribution >= 4 is 18.7 Å². The molecule has 0 spiro atoms. The van der Waals surface area contributed by atoms with E-state index in [1.54, 1.807) is 0 Å². The van der Waals surface area contributed by atoms with Gasteiger partial charge in [-0.15, -0.1) is 0 Å². The van der Waals surface area contributed by atoms with Crippen molar-refractivity contribution in [2.45, 2.75) is 0 Å². The second-order valence-electron chi connectivity index (χ2n) is 4.44. The summed E-state index contributed by atoms with van der Waals surface area (Å²) in [6, 6.07) is 28.5. The molecule has 0 fully saturated rings. The van der Waals surface area contributed by atoms with Crippen molar-refractivity contribution in [3.05, 3.63) is 91.0 Å². The summed E-state index contributed by atoms with van der Waals surface area (Å²) in [5.74, 6) is 2.13. The van der Waals surface area contributed by atoms with E-state index in [2.05, 4.69) is 25.2 Å². The summed E-state index contributed by atoms with van der Waals surface area (Å²) in [4.78, 5) is 0. The van der Waals surface area contributed by atoms with E-state index >= 15 is 0 Å². The number of hydrogen-bond acceptors (Lipinski definition) is 3. The molecule has 0 radical (unpaired) electrons. The molecule has 0 atom stereocenters. The molecule has 0 heterocycles. The SMILES string of the molecule is [Cl][Cu].c1ccc(OP(Oc2ccccc2)Oc2ccccc2)cc1. The zero-order valence-corrected chi connectivity index (χ0v) is 15.1. The van der Waals surface area contributed by atoms with Crippen LogP contribution in [-0.2, 0) is 15.1 Å². The maximum atomic E-state index is 5.84. The Morgan fingerprint density at radius 1 is 0.500 bits per heavy atom. The van der Waals surface area contributed by atoms with E-state index in [-0.39, 0.29) is 0 Å². The summed E-state index contributed by atoms with van der Waals surface area (Å²) in [6.45, 7) is 0. The van der Waals surface area contributed by atoms with Gasteiger partial charge in [-0.2, -0.15) is 0 Å². The maximum Gasteiger partial charge on any atom is 0.530 e. The number of benzene rings is 3. The zero-order valence-electron chi connectivity index (χ0n) is 12.5. The van der Waals surface area contributed by atoms with Gasteiger partial charge in [-0.25, -0.2) is 0 Å². The fourth-order valence-electron chi connectivity index (χ4n) is 1.76. The number of halogens is 1. The van der Waals surface area contributed by atoms with Gasteiger partial charge in [-0.3, -0.25) is 0 Å². The van der Waals surface area contributed by atoms with Crippen LogP contribution in [0, 0.1) is 0 Å². The maximum absolute atomic E-state index is 5.84. The van der Waals surface area contributed by atoms with Gasteiger partial charge in [0.15, 0.2) is 0 Å². The molecule has 24 heavy (non-hydrogen) atoms. The Morgan fingerprint density at radius 3 is 1.00 bits per heavy atom. The minimum absolute atomic E-state index is 0.709. The largest absolute Gasteiger partial charge is 0.530 e. The van der Waals surface area contributed by atoms with Crippen LogP contribution in [0.25, 0.3) is 0 Å². The van der Waals surface area contributed by atoms with Crippen LogP contribution in [0.2, 0.25) is 0 Å². The van der Waals surface area contributed by atoms with Crippen LogP contribution in [0.3, 0.4) is 0 Å². The van der Waals surface area contributed by atoms with E-state index in [9.17, 15) is 0 Å². The van der Waals surface area contributed by atoms with Crippen LogP contribution in [0.15, 0.2) is 91.0 Å². The second kappa shape index (κ2) is 11.0. The molecule has 0 amide bonds. The van der Waals surface area contributed by atoms with Crippen molar-refractivity contribution in [1.29, 1.82) is 0 Å². The van der Waals surface area contributed by atoms with Gasteiger partial charge in [-0.1, -0.05) is 54.6 Å². The summed E-state index contributed by atoms with van der Waals surface area (Å²) in [5.41, 5.74) is 0. The molecule has 0 N–H and O–H groups in total. The van der Waals surface area contributed by atoms with Gasteiger partial charge in [0.1, 0.15) is 17.2 Å². The van der Waals surface area contributed by atoms with Crippen LogP contribution < -0.4 is 13.6 Å². The molecule has 3 aromatic rings. The molecule has 6 heteroatoms. The normalized spacial score (nSPS) is 9.67. The first-order valence-corrected chi connectivity index (χ1v) is 9.40. The Kier molecular flexibility index (Phi) is 8.51. The first kappa shape index (κ1) is 18.6. The number of para-hydroxylation sites is 3. The Bertz CT molecular complexity index is 588. The third kappa shape index (κ3) is 6.43. The van der Waals surface area contributed by atoms with E-state index in [4.69, 9.17) is 13.6 Å². The molecule has 0 saturated heterocycles. The van der Waals surface area contributed by atoms with Crippen LogP contribution >= 0.6 is 18.7 Å². The average Bonchev–Trinajstić information content (AvgIpc) is 2.66. The van der Waals surface area contributed by atoms with Gasteiger partial charge in [0.25, 0.3) is 0 Å². The van der Waals surface area contributed by atoms with Gasteiger partial charge < -0.3 is 13.6 Å². The number of rotatable bonds is 6. The van der Waals surface area contributed by atoms with Gasteiger partial charge in [-0.05, 0) is 36.4 Å². The number of hydrogen-bond donors (Lipinski definition) is 0. The average molecular weight is 409 g/mol. The standard InChI is InChI=1S/C18H15O3P.ClH.Cu/c1-4-10-16(11-5-1)19-22(20-17-12-6-2-7-13-17)21-18-14-8-3-9-15-18;;/h1-15H;1H;/q;;+1/p-1. The van der Waals surface area contributed by atoms with E-state index in [0.29, 0.717) is 17.2 Å². The van der Waals surface area contributed by atoms with Crippen molar-refractivity contribution in [3.63, 3.8) is 0 Å². The van der Waals surface area contributed by atoms with E-state index in [1.807, 2.05) is 91.0 Å². The van der Waals surface area contributed by atoms with Crippen molar-refractivity contribution in [2.75, 3.05) is 0 Å². The first-order chi connectivity index (χ1) is 11.9. The summed E-state index contributed by atoms with van der Waals surface area (Å²) in [5, 5.41) is 0. The Hall–Kier alpha value is -1.70. The van der Waals surface area contributed by atoms with Gasteiger partial charge in [0, 0.05) is 0 Å². The van der Waals surface area contributed by atoms with Gasteiger partial charge >= 0.3 is 33.8 Å². The van der Waals surface area contributed by atoms with E-state index < -0.39 is 8.60 Å². The molecule has 0 aliphatic carbocycles. The molecular weight excluding hydrogens is 394 g/mol. The summed E-state index contributed by atoms with van der Waals surface area (Å²) in [7, 11) is 2.61. The summed E-state index contributed by atoms with van der Waals surface area (Å²) >= 11 is 3.66. The van der Waals surface area contributed by atoms with E-state index in [0.717, 1.165) is 0 Å². The monoisotopic (exact) mass is 408 g/mol. The molecule has 3 rings (SSSR count). The minimum Gasteiger partial charge on any atom is -0.409 e. The Morgan fingerprint density at radius 2 is 0.750 bits per heavy atom. The van der Waals surface area contributed by atoms with E-state index in [1.165, 1.54) is 0 Å². The molecular formula is C18H15ClCuO3P. The van der Waals surface area contributed by atoms with Crippen molar-refractivity contribution in [3.8, 4) is 17.2 Å². The molecule has 3 aromatic carbocycles. The molecule has 3 nitrogen and oxygen atoms in total. The van der Waals surface area contributed by atoms with Gasteiger partial charge in [0.2, 0.25) is 0 Å². The van der Waals surface area contributed by atoms with Crippen LogP contribution in [0.1, 0.15) is 0 Å². The predicted molar refractivity (Wildman–Crippen MR) is 94.0 cm³/mol. The van der Waals surface area contributed by atoms with Crippen LogP contribution in [0.5, 0.6) is 17.2 Å². The quantitative estimate of drug-likeness (QED) is 0.362. The third-order valence-electron chi connectivity index (χ3n) is 2.77. The minimum atomic E-state index is -1.59. The van der Waals surface area contributed by atoms with Crippen LogP contribution in [0.4, 0.5) is 0 Å². The summed E-state index contributed by atoms with van der Waals surface area (Å²) in [6.07, 6.45) is 0. The van der Waals surface area contributed by atoms with Gasteiger partial charge in [0.05, 0.1) is 0 Å². The predicted octanol–water partition coefficient (Wildman–Crippen LogP) is 6.14.